The molecule has 0 aromatic heterocycles. The first-order valence-corrected chi connectivity index (χ1v) is 7.60. The van der Waals surface area contributed by atoms with Crippen molar-refractivity contribution in [3.63, 3.8) is 0 Å². The Labute approximate surface area is 109 Å². The summed E-state index contributed by atoms with van der Waals surface area (Å²) in [5.41, 5.74) is 1.31. The highest BCUT2D eigenvalue weighted by atomic mass is 32.2. The van der Waals surface area contributed by atoms with Gasteiger partial charge in [-0.3, -0.25) is 0 Å². The Balaban J connectivity index is 1.91. The molecule has 3 heteroatoms. The number of thioether (sulfide) groups is 1. The summed E-state index contributed by atoms with van der Waals surface area (Å²) in [6.45, 7) is 2.29. The van der Waals surface area contributed by atoms with Crippen LogP contribution in [-0.2, 0) is 0 Å². The summed E-state index contributed by atoms with van der Waals surface area (Å²) in [7, 11) is 2.18. The third-order valence-corrected chi connectivity index (χ3v) is 4.16. The third kappa shape index (κ3) is 3.65. The van der Waals surface area contributed by atoms with Crippen molar-refractivity contribution in [3.8, 4) is 0 Å². The maximum Gasteiger partial charge on any atom is 0.0364 e. The lowest BCUT2D eigenvalue weighted by Gasteiger charge is -2.29. The lowest BCUT2D eigenvalue weighted by molar-refractivity contribution is 0.403. The molecule has 94 valence electrons. The SMILES string of the molecule is CSc1ccc(N(C)CC2CCCCN2)cc1. The monoisotopic (exact) mass is 250 g/mol. The van der Waals surface area contributed by atoms with Crippen LogP contribution in [0.15, 0.2) is 29.2 Å². The predicted molar refractivity (Wildman–Crippen MR) is 77.1 cm³/mol. The maximum absolute atomic E-state index is 3.60. The minimum absolute atomic E-state index is 0.661. The molecule has 1 saturated heterocycles. The van der Waals surface area contributed by atoms with Gasteiger partial charge in [0.25, 0.3) is 0 Å². The number of nitrogens with one attached hydrogen (secondary N) is 1. The van der Waals surface area contributed by atoms with Gasteiger partial charge >= 0.3 is 0 Å². The number of rotatable bonds is 4. The average molecular weight is 250 g/mol. The van der Waals surface area contributed by atoms with Gasteiger partial charge in [0.05, 0.1) is 0 Å². The van der Waals surface area contributed by atoms with E-state index in [1.165, 1.54) is 36.4 Å². The van der Waals surface area contributed by atoms with Crippen molar-refractivity contribution in [2.75, 3.05) is 31.3 Å². The molecule has 0 bridgehead atoms. The molecule has 0 amide bonds. The Hall–Kier alpha value is -0.670. The smallest absolute Gasteiger partial charge is 0.0364 e. The average Bonchev–Trinajstić information content (AvgIpc) is 2.40. The maximum atomic E-state index is 3.60. The molecule has 17 heavy (non-hydrogen) atoms. The second kappa shape index (κ2) is 6.31. The van der Waals surface area contributed by atoms with E-state index in [1.54, 1.807) is 11.8 Å². The summed E-state index contributed by atoms with van der Waals surface area (Å²) in [5, 5.41) is 3.60. The van der Waals surface area contributed by atoms with Gasteiger partial charge in [-0.05, 0) is 49.9 Å². The van der Waals surface area contributed by atoms with E-state index in [1.807, 2.05) is 0 Å². The molecule has 1 aliphatic rings. The van der Waals surface area contributed by atoms with Crippen LogP contribution in [0.5, 0.6) is 0 Å². The van der Waals surface area contributed by atoms with Crippen molar-refractivity contribution in [3.05, 3.63) is 24.3 Å². The minimum atomic E-state index is 0.661. The molecule has 0 spiro atoms. The van der Waals surface area contributed by atoms with E-state index in [-0.39, 0.29) is 0 Å². The third-order valence-electron chi connectivity index (χ3n) is 3.42. The van der Waals surface area contributed by atoms with E-state index in [9.17, 15) is 0 Å². The largest absolute Gasteiger partial charge is 0.373 e. The van der Waals surface area contributed by atoms with E-state index >= 15 is 0 Å². The second-order valence-corrected chi connectivity index (χ2v) is 5.61. The Bertz CT molecular complexity index is 331. The molecule has 1 atom stereocenters. The van der Waals surface area contributed by atoms with Crippen molar-refractivity contribution in [2.24, 2.45) is 0 Å². The van der Waals surface area contributed by atoms with Gasteiger partial charge in [0.1, 0.15) is 0 Å². The summed E-state index contributed by atoms with van der Waals surface area (Å²) in [6.07, 6.45) is 6.14. The van der Waals surface area contributed by atoms with Crippen LogP contribution in [0.25, 0.3) is 0 Å². The zero-order chi connectivity index (χ0) is 12.1. The molecule has 1 N–H and O–H groups in total. The van der Waals surface area contributed by atoms with Crippen LogP contribution in [0, 0.1) is 0 Å². The summed E-state index contributed by atoms with van der Waals surface area (Å²) in [4.78, 5) is 3.69. The number of likely N-dealkylation sites (N-methyl/N-ethyl adjacent to an activating group) is 1. The van der Waals surface area contributed by atoms with E-state index in [0.717, 1.165) is 6.54 Å². The summed E-state index contributed by atoms with van der Waals surface area (Å²) in [6, 6.07) is 9.49. The van der Waals surface area contributed by atoms with E-state index in [0.29, 0.717) is 6.04 Å². The van der Waals surface area contributed by atoms with Crippen LogP contribution in [0.4, 0.5) is 5.69 Å². The number of piperidine rings is 1. The van der Waals surface area contributed by atoms with Crippen LogP contribution in [-0.4, -0.2) is 32.4 Å². The van der Waals surface area contributed by atoms with Gasteiger partial charge in [-0.15, -0.1) is 11.8 Å². The Morgan fingerprint density at radius 2 is 2.06 bits per heavy atom. The van der Waals surface area contributed by atoms with Crippen molar-refractivity contribution >= 4 is 17.4 Å². The molecule has 1 unspecified atom stereocenters. The topological polar surface area (TPSA) is 15.3 Å². The predicted octanol–water partition coefficient (Wildman–Crippen LogP) is 2.99. The number of hydrogen-bond donors (Lipinski definition) is 1. The Kier molecular flexibility index (Phi) is 4.75. The molecule has 1 heterocycles. The highest BCUT2D eigenvalue weighted by molar-refractivity contribution is 7.98. The van der Waals surface area contributed by atoms with E-state index in [2.05, 4.69) is 47.8 Å². The molecule has 1 aromatic rings. The lowest BCUT2D eigenvalue weighted by Crippen LogP contribution is -2.42. The van der Waals surface area contributed by atoms with Gasteiger partial charge in [0, 0.05) is 30.2 Å². The summed E-state index contributed by atoms with van der Waals surface area (Å²) < 4.78 is 0. The van der Waals surface area contributed by atoms with Gasteiger partial charge in [-0.2, -0.15) is 0 Å². The molecular weight excluding hydrogens is 228 g/mol. The van der Waals surface area contributed by atoms with E-state index in [4.69, 9.17) is 0 Å². The molecular formula is C14H22N2S. The fourth-order valence-electron chi connectivity index (χ4n) is 2.35. The van der Waals surface area contributed by atoms with Gasteiger partial charge in [-0.1, -0.05) is 6.42 Å². The molecule has 1 fully saturated rings. The molecule has 0 radical (unpaired) electrons. The normalized spacial score (nSPS) is 20.2. The van der Waals surface area contributed by atoms with E-state index < -0.39 is 0 Å². The standard InChI is InChI=1S/C14H22N2S/c1-16(11-12-5-3-4-10-15-12)13-6-8-14(17-2)9-7-13/h6-9,12,15H,3-5,10-11H2,1-2H3. The first-order valence-electron chi connectivity index (χ1n) is 6.38. The molecule has 2 nitrogen and oxygen atoms in total. The van der Waals surface area contributed by atoms with Gasteiger partial charge < -0.3 is 10.2 Å². The van der Waals surface area contributed by atoms with Crippen LogP contribution in [0.1, 0.15) is 19.3 Å². The van der Waals surface area contributed by atoms with Crippen molar-refractivity contribution < 1.29 is 0 Å². The van der Waals surface area contributed by atoms with Crippen molar-refractivity contribution in [1.29, 1.82) is 0 Å². The van der Waals surface area contributed by atoms with Gasteiger partial charge in [-0.25, -0.2) is 0 Å². The van der Waals surface area contributed by atoms with Crippen LogP contribution < -0.4 is 10.2 Å². The van der Waals surface area contributed by atoms with Crippen LogP contribution >= 0.6 is 11.8 Å². The van der Waals surface area contributed by atoms with Gasteiger partial charge in [0.15, 0.2) is 0 Å². The Morgan fingerprint density at radius 1 is 1.29 bits per heavy atom. The fourth-order valence-corrected chi connectivity index (χ4v) is 2.76. The first-order chi connectivity index (χ1) is 8.29. The summed E-state index contributed by atoms with van der Waals surface area (Å²) >= 11 is 1.79. The first kappa shape index (κ1) is 12.8. The fraction of sp³-hybridized carbons (Fsp3) is 0.571. The molecule has 0 aliphatic carbocycles. The molecule has 0 saturated carbocycles. The number of benzene rings is 1. The van der Waals surface area contributed by atoms with Gasteiger partial charge in [0.2, 0.25) is 0 Å². The zero-order valence-electron chi connectivity index (χ0n) is 10.8. The van der Waals surface area contributed by atoms with Crippen LogP contribution in [0.3, 0.4) is 0 Å². The molecule has 1 aromatic carbocycles. The lowest BCUT2D eigenvalue weighted by atomic mass is 10.0. The quantitative estimate of drug-likeness (QED) is 0.827. The van der Waals surface area contributed by atoms with Crippen molar-refractivity contribution in [1.82, 2.24) is 5.32 Å². The highest BCUT2D eigenvalue weighted by Crippen LogP contribution is 2.20. The van der Waals surface area contributed by atoms with Crippen LogP contribution in [0.2, 0.25) is 0 Å². The van der Waals surface area contributed by atoms with Crippen molar-refractivity contribution in [2.45, 2.75) is 30.2 Å². The molecule has 1 aliphatic heterocycles. The second-order valence-electron chi connectivity index (χ2n) is 4.73. The number of hydrogen-bond acceptors (Lipinski definition) is 3. The minimum Gasteiger partial charge on any atom is -0.373 e. The zero-order valence-corrected chi connectivity index (χ0v) is 11.6. The number of nitrogens with zero attached hydrogens (tertiary/aromatic N) is 1. The summed E-state index contributed by atoms with van der Waals surface area (Å²) in [5.74, 6) is 0. The highest BCUT2D eigenvalue weighted by Gasteiger charge is 2.14. The Morgan fingerprint density at radius 3 is 2.65 bits per heavy atom. The number of anilines is 1. The molecule has 2 rings (SSSR count).